The molecular formula is C27H41NO2. The standard InChI is InChI=1S/C27H41NO2/c1-18-10-14-28(16-18)17-24(29)23-8-7-21-20-6-5-19-15-25(2,30)12-13-26(19,3)22(20)9-11-27(21,23)4/h10,14,16,19-23,30H,5-9,11-13,15,17H2,1-4H3/t19-,20-,21-,22-,23+,25+,26-,27-/m0/s1. The zero-order chi connectivity index (χ0) is 21.3. The van der Waals surface area contributed by atoms with Crippen LogP contribution in [0.15, 0.2) is 18.5 Å². The van der Waals surface area contributed by atoms with E-state index < -0.39 is 5.60 Å². The number of aromatic nitrogens is 1. The Morgan fingerprint density at radius 3 is 2.53 bits per heavy atom. The Morgan fingerprint density at radius 2 is 1.80 bits per heavy atom. The van der Waals surface area contributed by atoms with Crippen molar-refractivity contribution in [3.05, 3.63) is 24.0 Å². The van der Waals surface area contributed by atoms with Crippen molar-refractivity contribution < 1.29 is 9.90 Å². The van der Waals surface area contributed by atoms with Gasteiger partial charge in [0.05, 0.1) is 12.1 Å². The lowest BCUT2D eigenvalue weighted by atomic mass is 9.44. The normalized spacial score (nSPS) is 48.0. The number of hydrogen-bond acceptors (Lipinski definition) is 2. The fourth-order valence-corrected chi connectivity index (χ4v) is 8.91. The lowest BCUT2D eigenvalue weighted by Crippen LogP contribution is -2.55. The number of carbonyl (C=O) groups is 1. The van der Waals surface area contributed by atoms with Crippen LogP contribution in [0, 0.1) is 47.3 Å². The zero-order valence-corrected chi connectivity index (χ0v) is 19.5. The molecule has 0 aromatic carbocycles. The molecule has 0 amide bonds. The van der Waals surface area contributed by atoms with Crippen molar-refractivity contribution in [2.75, 3.05) is 0 Å². The second-order valence-electron chi connectivity index (χ2n) is 12.4. The number of carbonyl (C=O) groups excluding carboxylic acids is 1. The third-order valence-corrected chi connectivity index (χ3v) is 10.6. The van der Waals surface area contributed by atoms with E-state index in [-0.39, 0.29) is 11.3 Å². The van der Waals surface area contributed by atoms with Gasteiger partial charge in [-0.05, 0) is 118 Å². The Bertz CT molecular complexity index is 825. The number of Topliss-reactive ketones (excluding diaryl/α,β-unsaturated/α-hetero) is 1. The summed E-state index contributed by atoms with van der Waals surface area (Å²) in [6.07, 6.45) is 14.7. The SMILES string of the molecule is Cc1ccn(CC(=O)[C@H]2CC[C@H]3[C@@H]4CC[C@H]5C[C@](C)(O)CC[C@]5(C)[C@H]4CC[C@]23C)c1. The van der Waals surface area contributed by atoms with Crippen LogP contribution in [0.3, 0.4) is 0 Å². The summed E-state index contributed by atoms with van der Waals surface area (Å²) in [7, 11) is 0. The largest absolute Gasteiger partial charge is 0.390 e. The number of aliphatic hydroxyl groups is 1. The Balaban J connectivity index is 1.34. The quantitative estimate of drug-likeness (QED) is 0.685. The van der Waals surface area contributed by atoms with E-state index in [0.717, 1.165) is 37.0 Å². The molecule has 8 atom stereocenters. The van der Waals surface area contributed by atoms with Gasteiger partial charge in [-0.1, -0.05) is 13.8 Å². The molecule has 4 aliphatic carbocycles. The molecule has 1 N–H and O–H groups in total. The third-order valence-electron chi connectivity index (χ3n) is 10.6. The van der Waals surface area contributed by atoms with E-state index in [1.165, 1.54) is 44.1 Å². The highest BCUT2D eigenvalue weighted by Crippen LogP contribution is 2.68. The summed E-state index contributed by atoms with van der Waals surface area (Å²) in [5, 5.41) is 10.7. The summed E-state index contributed by atoms with van der Waals surface area (Å²) < 4.78 is 2.08. The number of fused-ring (bicyclic) bond motifs is 5. The molecule has 0 aliphatic heterocycles. The second-order valence-corrected chi connectivity index (χ2v) is 12.4. The molecule has 0 bridgehead atoms. The van der Waals surface area contributed by atoms with Gasteiger partial charge < -0.3 is 9.67 Å². The average molecular weight is 412 g/mol. The minimum absolute atomic E-state index is 0.198. The Kier molecular flexibility index (Phi) is 4.82. The first-order chi connectivity index (χ1) is 14.1. The van der Waals surface area contributed by atoms with E-state index in [0.29, 0.717) is 23.7 Å². The van der Waals surface area contributed by atoms with E-state index in [9.17, 15) is 9.90 Å². The minimum Gasteiger partial charge on any atom is -0.390 e. The van der Waals surface area contributed by atoms with Crippen LogP contribution < -0.4 is 0 Å². The summed E-state index contributed by atoms with van der Waals surface area (Å²) in [6, 6.07) is 2.10. The van der Waals surface area contributed by atoms with Crippen molar-refractivity contribution in [2.24, 2.45) is 40.4 Å². The third kappa shape index (κ3) is 3.14. The summed E-state index contributed by atoms with van der Waals surface area (Å²) >= 11 is 0. The molecule has 166 valence electrons. The highest BCUT2D eigenvalue weighted by atomic mass is 16.3. The Labute approximate surface area is 182 Å². The molecule has 3 nitrogen and oxygen atoms in total. The van der Waals surface area contributed by atoms with Crippen LogP contribution in [-0.2, 0) is 11.3 Å². The van der Waals surface area contributed by atoms with E-state index in [2.05, 4.69) is 50.7 Å². The second kappa shape index (κ2) is 6.95. The summed E-state index contributed by atoms with van der Waals surface area (Å²) in [5.74, 6) is 3.69. The molecule has 30 heavy (non-hydrogen) atoms. The van der Waals surface area contributed by atoms with Crippen molar-refractivity contribution in [3.8, 4) is 0 Å². The minimum atomic E-state index is -0.456. The predicted octanol–water partition coefficient (Wildman–Crippen LogP) is 5.78. The fourth-order valence-electron chi connectivity index (χ4n) is 8.91. The van der Waals surface area contributed by atoms with Crippen LogP contribution in [0.1, 0.15) is 84.1 Å². The van der Waals surface area contributed by atoms with Crippen LogP contribution in [0.5, 0.6) is 0 Å². The fraction of sp³-hybridized carbons (Fsp3) is 0.815. The monoisotopic (exact) mass is 411 g/mol. The van der Waals surface area contributed by atoms with E-state index in [1.54, 1.807) is 0 Å². The van der Waals surface area contributed by atoms with Gasteiger partial charge in [0.2, 0.25) is 0 Å². The maximum atomic E-state index is 13.4. The molecule has 0 spiro atoms. The molecule has 4 aliphatic rings. The zero-order valence-electron chi connectivity index (χ0n) is 19.5. The van der Waals surface area contributed by atoms with Gasteiger partial charge in [-0.2, -0.15) is 0 Å². The molecule has 4 fully saturated rings. The van der Waals surface area contributed by atoms with Crippen molar-refractivity contribution in [1.82, 2.24) is 4.57 Å². The van der Waals surface area contributed by atoms with E-state index >= 15 is 0 Å². The Morgan fingerprint density at radius 1 is 1.03 bits per heavy atom. The molecule has 0 radical (unpaired) electrons. The highest BCUT2D eigenvalue weighted by molar-refractivity contribution is 5.82. The highest BCUT2D eigenvalue weighted by Gasteiger charge is 2.61. The first kappa shape index (κ1) is 20.8. The average Bonchev–Trinajstić information content (AvgIpc) is 3.24. The summed E-state index contributed by atoms with van der Waals surface area (Å²) in [4.78, 5) is 13.4. The molecule has 0 unspecified atom stereocenters. The lowest BCUT2D eigenvalue weighted by Gasteiger charge is -2.61. The molecule has 1 aromatic heterocycles. The van der Waals surface area contributed by atoms with Crippen molar-refractivity contribution in [1.29, 1.82) is 0 Å². The Hall–Kier alpha value is -1.09. The number of hydrogen-bond donors (Lipinski definition) is 1. The molecule has 1 aromatic rings. The summed E-state index contributed by atoms with van der Waals surface area (Å²) in [6.45, 7) is 9.71. The van der Waals surface area contributed by atoms with Crippen LogP contribution in [0.2, 0.25) is 0 Å². The molecule has 5 rings (SSSR count). The maximum absolute atomic E-state index is 13.4. The predicted molar refractivity (Wildman–Crippen MR) is 120 cm³/mol. The first-order valence-electron chi connectivity index (χ1n) is 12.5. The van der Waals surface area contributed by atoms with Crippen LogP contribution in [0.4, 0.5) is 0 Å². The van der Waals surface area contributed by atoms with Gasteiger partial charge in [-0.15, -0.1) is 0 Å². The van der Waals surface area contributed by atoms with Crippen LogP contribution in [0.25, 0.3) is 0 Å². The summed E-state index contributed by atoms with van der Waals surface area (Å²) in [5.41, 5.74) is 1.37. The number of aryl methyl sites for hydroxylation is 1. The van der Waals surface area contributed by atoms with Gasteiger partial charge >= 0.3 is 0 Å². The van der Waals surface area contributed by atoms with Crippen molar-refractivity contribution in [3.63, 3.8) is 0 Å². The van der Waals surface area contributed by atoms with Crippen molar-refractivity contribution in [2.45, 2.75) is 97.6 Å². The van der Waals surface area contributed by atoms with Gasteiger partial charge in [0, 0.05) is 18.3 Å². The number of nitrogens with zero attached hydrogens (tertiary/aromatic N) is 1. The topological polar surface area (TPSA) is 42.2 Å². The van der Waals surface area contributed by atoms with E-state index in [4.69, 9.17) is 0 Å². The smallest absolute Gasteiger partial charge is 0.156 e. The van der Waals surface area contributed by atoms with Gasteiger partial charge in [0.1, 0.15) is 0 Å². The van der Waals surface area contributed by atoms with Gasteiger partial charge in [0.15, 0.2) is 5.78 Å². The van der Waals surface area contributed by atoms with Crippen molar-refractivity contribution >= 4 is 5.78 Å². The van der Waals surface area contributed by atoms with Crippen LogP contribution in [-0.4, -0.2) is 21.1 Å². The molecule has 3 heteroatoms. The van der Waals surface area contributed by atoms with E-state index in [1.807, 2.05) is 0 Å². The molecule has 0 saturated heterocycles. The van der Waals surface area contributed by atoms with Gasteiger partial charge in [-0.25, -0.2) is 0 Å². The first-order valence-corrected chi connectivity index (χ1v) is 12.5. The van der Waals surface area contributed by atoms with Gasteiger partial charge in [0.25, 0.3) is 0 Å². The number of rotatable bonds is 3. The van der Waals surface area contributed by atoms with Crippen LogP contribution >= 0.6 is 0 Å². The maximum Gasteiger partial charge on any atom is 0.156 e. The molecule has 1 heterocycles. The molecular weight excluding hydrogens is 370 g/mol. The molecule has 4 saturated carbocycles. The lowest BCUT2D eigenvalue weighted by molar-refractivity contribution is -0.151. The van der Waals surface area contributed by atoms with Gasteiger partial charge in [-0.3, -0.25) is 4.79 Å². The number of ketones is 1.